The number of thiophene rings is 5. The van der Waals surface area contributed by atoms with Crippen molar-refractivity contribution in [2.24, 2.45) is 0 Å². The van der Waals surface area contributed by atoms with Crippen molar-refractivity contribution < 1.29 is 18.9 Å². The Kier molecular flexibility index (Phi) is 7.91. The van der Waals surface area contributed by atoms with E-state index in [1.54, 1.807) is 11.3 Å². The number of hydrogen-bond donors (Lipinski definition) is 0. The lowest BCUT2D eigenvalue weighted by atomic mass is 9.83. The molecule has 7 heterocycles. The van der Waals surface area contributed by atoms with Gasteiger partial charge in [-0.05, 0) is 74.2 Å². The summed E-state index contributed by atoms with van der Waals surface area (Å²) in [5.74, 6) is 3.70. The van der Waals surface area contributed by atoms with Crippen molar-refractivity contribution in [1.29, 1.82) is 0 Å². The van der Waals surface area contributed by atoms with Gasteiger partial charge in [0.1, 0.15) is 26.4 Å². The zero-order valence-corrected chi connectivity index (χ0v) is 29.2. The van der Waals surface area contributed by atoms with Crippen molar-refractivity contribution in [2.75, 3.05) is 26.4 Å². The summed E-state index contributed by atoms with van der Waals surface area (Å²) in [7, 11) is 0. The minimum atomic E-state index is -0.246. The highest BCUT2D eigenvalue weighted by molar-refractivity contribution is 7.23. The molecule has 0 amide bonds. The van der Waals surface area contributed by atoms with Crippen LogP contribution < -0.4 is 18.9 Å². The smallest absolute Gasteiger partial charge is 0.181 e. The Labute approximate surface area is 273 Å². The molecule has 1 atom stereocenters. The molecule has 226 valence electrons. The van der Waals surface area contributed by atoms with Gasteiger partial charge in [-0.1, -0.05) is 26.3 Å². The van der Waals surface area contributed by atoms with Crippen molar-refractivity contribution >= 4 is 56.7 Å². The summed E-state index contributed by atoms with van der Waals surface area (Å²) in [6, 6.07) is 11.2. The van der Waals surface area contributed by atoms with Crippen LogP contribution in [0.4, 0.5) is 0 Å². The molecule has 4 nitrogen and oxygen atoms in total. The van der Waals surface area contributed by atoms with Gasteiger partial charge in [0.25, 0.3) is 0 Å². The van der Waals surface area contributed by atoms with Gasteiger partial charge < -0.3 is 18.9 Å². The second-order valence-electron chi connectivity index (χ2n) is 11.7. The van der Waals surface area contributed by atoms with E-state index in [4.69, 9.17) is 18.9 Å². The Morgan fingerprint density at radius 2 is 1.30 bits per heavy atom. The third kappa shape index (κ3) is 4.86. The summed E-state index contributed by atoms with van der Waals surface area (Å²) in [6.45, 7) is 13.9. The number of fused-ring (bicyclic) bond motifs is 2. The Morgan fingerprint density at radius 3 is 1.98 bits per heavy atom. The van der Waals surface area contributed by atoms with Crippen molar-refractivity contribution in [2.45, 2.75) is 64.7 Å². The molecule has 2 aliphatic heterocycles. The first-order valence-electron chi connectivity index (χ1n) is 14.9. The van der Waals surface area contributed by atoms with Crippen LogP contribution in [0.2, 0.25) is 0 Å². The van der Waals surface area contributed by atoms with Crippen LogP contribution in [0.25, 0.3) is 19.5 Å². The monoisotopic (exact) mass is 668 g/mol. The predicted molar refractivity (Wildman–Crippen MR) is 184 cm³/mol. The summed E-state index contributed by atoms with van der Waals surface area (Å²) >= 11 is 9.16. The fourth-order valence-electron chi connectivity index (χ4n) is 5.93. The van der Waals surface area contributed by atoms with Gasteiger partial charge in [0.15, 0.2) is 23.0 Å². The van der Waals surface area contributed by atoms with Gasteiger partial charge in [0.2, 0.25) is 0 Å². The van der Waals surface area contributed by atoms with Crippen LogP contribution in [0.15, 0.2) is 41.1 Å². The Hall–Kier alpha value is -2.30. The van der Waals surface area contributed by atoms with Crippen LogP contribution in [-0.4, -0.2) is 26.4 Å². The van der Waals surface area contributed by atoms with E-state index in [1.807, 2.05) is 45.3 Å². The van der Waals surface area contributed by atoms with E-state index in [0.717, 1.165) is 42.3 Å². The van der Waals surface area contributed by atoms with Gasteiger partial charge in [-0.2, -0.15) is 0 Å². The minimum Gasteiger partial charge on any atom is -0.485 e. The van der Waals surface area contributed by atoms with E-state index in [0.29, 0.717) is 26.4 Å². The average Bonchev–Trinajstić information content (AvgIpc) is 3.85. The van der Waals surface area contributed by atoms with E-state index in [-0.39, 0.29) is 10.8 Å². The van der Waals surface area contributed by atoms with Crippen LogP contribution in [0.5, 0.6) is 23.0 Å². The first-order valence-corrected chi connectivity index (χ1v) is 19.1. The van der Waals surface area contributed by atoms with Crippen molar-refractivity contribution in [3.05, 3.63) is 66.2 Å². The van der Waals surface area contributed by atoms with Gasteiger partial charge >= 0.3 is 0 Å². The molecular formula is C34H36O4S5. The highest BCUT2D eigenvalue weighted by Crippen LogP contribution is 2.59. The molecule has 0 aromatic carbocycles. The highest BCUT2D eigenvalue weighted by atomic mass is 32.1. The van der Waals surface area contributed by atoms with Crippen LogP contribution in [0.1, 0.15) is 72.5 Å². The molecule has 0 bridgehead atoms. The number of hydrogen-bond acceptors (Lipinski definition) is 9. The number of ether oxygens (including phenoxy) is 4. The zero-order valence-electron chi connectivity index (χ0n) is 25.2. The summed E-state index contributed by atoms with van der Waals surface area (Å²) in [6.07, 6.45) is 3.16. The SMILES string of the molecule is CCCc1ccsc1-c1sc(C(C)(C)c2ccc(C(C)(CC)c3sc(-c4cccs4)c4c3OCCO4)s2)c2c1OCCO2. The minimum absolute atomic E-state index is 0.199. The maximum Gasteiger partial charge on any atom is 0.181 e. The Balaban J connectivity index is 1.30. The molecule has 0 N–H and O–H groups in total. The summed E-state index contributed by atoms with van der Waals surface area (Å²) < 4.78 is 25.3. The molecule has 0 saturated carbocycles. The van der Waals surface area contributed by atoms with Crippen molar-refractivity contribution in [3.8, 4) is 42.5 Å². The lowest BCUT2D eigenvalue weighted by Gasteiger charge is -2.29. The molecule has 0 saturated heterocycles. The summed E-state index contributed by atoms with van der Waals surface area (Å²) in [5.41, 5.74) is 0.958. The van der Waals surface area contributed by atoms with Crippen LogP contribution >= 0.6 is 56.7 Å². The van der Waals surface area contributed by atoms with Crippen LogP contribution in [-0.2, 0) is 17.3 Å². The lowest BCUT2D eigenvalue weighted by Crippen LogP contribution is -2.23. The average molecular weight is 669 g/mol. The standard InChI is InChI=1S/C34H36O4S5/c1-6-9-20-13-19-40-28(20)30-25-26(37-16-15-36-25)31(43-30)33(3,4)22-11-12-23(41-22)34(5,7-2)32-27-24(35-14-17-38-27)29(42-32)21-10-8-18-39-21/h8,10-13,18-19H,6-7,9,14-17H2,1-5H3. The molecule has 43 heavy (non-hydrogen) atoms. The highest BCUT2D eigenvalue weighted by Gasteiger charge is 2.41. The Morgan fingerprint density at radius 1 is 0.651 bits per heavy atom. The van der Waals surface area contributed by atoms with E-state index in [1.165, 1.54) is 44.6 Å². The number of aryl methyl sites for hydroxylation is 1. The topological polar surface area (TPSA) is 36.9 Å². The number of rotatable bonds is 9. The van der Waals surface area contributed by atoms with Crippen molar-refractivity contribution in [3.63, 3.8) is 0 Å². The molecule has 0 aliphatic carbocycles. The van der Waals surface area contributed by atoms with Gasteiger partial charge in [-0.15, -0.1) is 56.7 Å². The molecule has 5 aromatic heterocycles. The van der Waals surface area contributed by atoms with E-state index < -0.39 is 0 Å². The fraction of sp³-hybridized carbons (Fsp3) is 0.412. The molecule has 0 radical (unpaired) electrons. The molecule has 0 spiro atoms. The lowest BCUT2D eigenvalue weighted by molar-refractivity contribution is 0.171. The van der Waals surface area contributed by atoms with Gasteiger partial charge in [0.05, 0.1) is 24.4 Å². The zero-order chi connectivity index (χ0) is 29.8. The van der Waals surface area contributed by atoms with Crippen LogP contribution in [0.3, 0.4) is 0 Å². The molecule has 9 heteroatoms. The van der Waals surface area contributed by atoms with E-state index in [9.17, 15) is 0 Å². The second kappa shape index (κ2) is 11.6. The molecular weight excluding hydrogens is 633 g/mol. The molecule has 7 rings (SSSR count). The predicted octanol–water partition coefficient (Wildman–Crippen LogP) is 10.9. The van der Waals surface area contributed by atoms with Crippen LogP contribution in [0, 0.1) is 0 Å². The third-order valence-corrected chi connectivity index (χ3v) is 15.3. The van der Waals surface area contributed by atoms with Gasteiger partial charge in [0, 0.05) is 25.5 Å². The maximum absolute atomic E-state index is 6.37. The first-order chi connectivity index (χ1) is 20.9. The normalized spacial score (nSPS) is 15.9. The first kappa shape index (κ1) is 29.4. The van der Waals surface area contributed by atoms with Gasteiger partial charge in [-0.3, -0.25) is 0 Å². The molecule has 0 fully saturated rings. The molecule has 2 aliphatic rings. The maximum atomic E-state index is 6.37. The van der Waals surface area contributed by atoms with Gasteiger partial charge in [-0.25, -0.2) is 0 Å². The fourth-order valence-corrected chi connectivity index (χ4v) is 12.1. The molecule has 5 aromatic rings. The second-order valence-corrected chi connectivity index (χ2v) is 16.7. The summed E-state index contributed by atoms with van der Waals surface area (Å²) in [5, 5.41) is 4.34. The summed E-state index contributed by atoms with van der Waals surface area (Å²) in [4.78, 5) is 10.1. The Bertz CT molecular complexity index is 1730. The molecule has 1 unspecified atom stereocenters. The quantitative estimate of drug-likeness (QED) is 0.157. The van der Waals surface area contributed by atoms with E-state index in [2.05, 4.69) is 75.7 Å². The van der Waals surface area contributed by atoms with E-state index >= 15 is 0 Å². The van der Waals surface area contributed by atoms with Crippen molar-refractivity contribution in [1.82, 2.24) is 0 Å². The third-order valence-electron chi connectivity index (χ3n) is 8.56. The largest absolute Gasteiger partial charge is 0.485 e.